The molecule has 10 heteroatoms. The van der Waals surface area contributed by atoms with Gasteiger partial charge in [0.05, 0.1) is 11.4 Å². The fourth-order valence-electron chi connectivity index (χ4n) is 2.79. The van der Waals surface area contributed by atoms with Crippen molar-refractivity contribution in [2.24, 2.45) is 5.92 Å². The van der Waals surface area contributed by atoms with E-state index >= 15 is 0 Å². The fraction of sp³-hybridized carbons (Fsp3) is 0.300. The first-order valence-corrected chi connectivity index (χ1v) is 10.7. The van der Waals surface area contributed by atoms with Gasteiger partial charge in [0.2, 0.25) is 10.0 Å². The average molecular weight is 436 g/mol. The van der Waals surface area contributed by atoms with Crippen molar-refractivity contribution < 1.29 is 33.0 Å². The minimum absolute atomic E-state index is 0.00574. The Labute approximate surface area is 174 Å². The van der Waals surface area contributed by atoms with Crippen molar-refractivity contribution in [1.82, 2.24) is 0 Å². The van der Waals surface area contributed by atoms with E-state index in [0.29, 0.717) is 22.6 Å². The summed E-state index contributed by atoms with van der Waals surface area (Å²) in [5, 5.41) is 21.0. The highest BCUT2D eigenvalue weighted by atomic mass is 32.2. The first-order chi connectivity index (χ1) is 13.9. The molecule has 0 saturated carbocycles. The second-order valence-corrected chi connectivity index (χ2v) is 9.02. The molecule has 0 aliphatic heterocycles. The number of nitrogens with one attached hydrogen (secondary N) is 2. The zero-order valence-electron chi connectivity index (χ0n) is 17.0. The maximum atomic E-state index is 12.2. The molecule has 0 radical (unpaired) electrons. The van der Waals surface area contributed by atoms with Crippen LogP contribution in [-0.4, -0.2) is 36.3 Å². The van der Waals surface area contributed by atoms with Crippen LogP contribution in [0, 0.1) is 19.8 Å². The van der Waals surface area contributed by atoms with E-state index in [1.165, 1.54) is 18.2 Å². The third kappa shape index (κ3) is 6.11. The molecule has 0 spiro atoms. The summed E-state index contributed by atoms with van der Waals surface area (Å²) in [4.78, 5) is 22.0. The Morgan fingerprint density at radius 3 is 2.23 bits per heavy atom. The largest absolute Gasteiger partial charge is 0.506 e. The Morgan fingerprint density at radius 1 is 1.10 bits per heavy atom. The van der Waals surface area contributed by atoms with Crippen LogP contribution in [0.5, 0.6) is 17.2 Å². The minimum Gasteiger partial charge on any atom is -0.506 e. The van der Waals surface area contributed by atoms with E-state index in [-0.39, 0.29) is 28.9 Å². The molecule has 30 heavy (non-hydrogen) atoms. The summed E-state index contributed by atoms with van der Waals surface area (Å²) in [7, 11) is -3.64. The predicted molar refractivity (Wildman–Crippen MR) is 113 cm³/mol. The number of aromatic hydroxyl groups is 1. The maximum absolute atomic E-state index is 12.2. The number of sulfonamides is 1. The minimum atomic E-state index is -3.64. The molecule has 162 valence electrons. The highest BCUT2D eigenvalue weighted by Crippen LogP contribution is 2.35. The number of anilines is 2. The number of hydrogen-bond acceptors (Lipinski definition) is 6. The highest BCUT2D eigenvalue weighted by Gasteiger charge is 2.17. The molecule has 0 atom stereocenters. The molecule has 2 aromatic rings. The van der Waals surface area contributed by atoms with E-state index < -0.39 is 21.9 Å². The average Bonchev–Trinajstić information content (AvgIpc) is 2.59. The molecule has 0 saturated heterocycles. The number of amides is 1. The molecular formula is C20H24N2O7S. The van der Waals surface area contributed by atoms with Crippen molar-refractivity contribution in [3.05, 3.63) is 41.5 Å². The number of benzene rings is 2. The van der Waals surface area contributed by atoms with Gasteiger partial charge in [0.25, 0.3) is 0 Å². The highest BCUT2D eigenvalue weighted by molar-refractivity contribution is 7.92. The standard InChI is InChI=1S/C20H24N2O7S/c1-11(2)10-30(27,28)22-16-9-15(5-6-17(16)23)29-18-12(3)7-14(8-13(18)4)21-19(24)20(25)26/h5-9,11,22-23H,10H2,1-4H3,(H,21,24)(H,25,26). The van der Waals surface area contributed by atoms with Gasteiger partial charge in [-0.1, -0.05) is 13.8 Å². The van der Waals surface area contributed by atoms with Crippen molar-refractivity contribution >= 4 is 33.3 Å². The zero-order valence-corrected chi connectivity index (χ0v) is 17.8. The summed E-state index contributed by atoms with van der Waals surface area (Å²) in [6.07, 6.45) is 0. The van der Waals surface area contributed by atoms with Crippen LogP contribution in [-0.2, 0) is 19.6 Å². The van der Waals surface area contributed by atoms with E-state index in [0.717, 1.165) is 0 Å². The number of phenols is 1. The van der Waals surface area contributed by atoms with Crippen molar-refractivity contribution in [1.29, 1.82) is 0 Å². The van der Waals surface area contributed by atoms with Crippen molar-refractivity contribution in [2.45, 2.75) is 27.7 Å². The van der Waals surface area contributed by atoms with Gasteiger partial charge >= 0.3 is 11.9 Å². The van der Waals surface area contributed by atoms with Gasteiger partial charge in [0, 0.05) is 11.8 Å². The van der Waals surface area contributed by atoms with Gasteiger partial charge in [-0.05, 0) is 55.2 Å². The van der Waals surface area contributed by atoms with E-state index in [2.05, 4.69) is 10.0 Å². The monoisotopic (exact) mass is 436 g/mol. The number of phenolic OH excluding ortho intramolecular Hbond substituents is 1. The molecule has 2 rings (SSSR count). The van der Waals surface area contributed by atoms with Crippen LogP contribution < -0.4 is 14.8 Å². The van der Waals surface area contributed by atoms with Gasteiger partial charge < -0.3 is 20.3 Å². The lowest BCUT2D eigenvalue weighted by Gasteiger charge is -2.16. The fourth-order valence-corrected chi connectivity index (χ4v) is 4.25. The molecule has 1 amide bonds. The molecule has 0 aliphatic rings. The second-order valence-electron chi connectivity index (χ2n) is 7.26. The summed E-state index contributed by atoms with van der Waals surface area (Å²) < 4.78 is 32.6. The Balaban J connectivity index is 2.28. The number of carbonyl (C=O) groups is 2. The smallest absolute Gasteiger partial charge is 0.394 e. The van der Waals surface area contributed by atoms with Crippen LogP contribution >= 0.6 is 0 Å². The Bertz CT molecular complexity index is 1060. The van der Waals surface area contributed by atoms with Gasteiger partial charge in [-0.3, -0.25) is 9.52 Å². The van der Waals surface area contributed by atoms with Gasteiger partial charge in [-0.2, -0.15) is 0 Å². The molecule has 9 nitrogen and oxygen atoms in total. The number of carboxylic acid groups (broad SMARTS) is 1. The van der Waals surface area contributed by atoms with E-state index in [1.807, 2.05) is 0 Å². The van der Waals surface area contributed by atoms with Crippen LogP contribution in [0.25, 0.3) is 0 Å². The van der Waals surface area contributed by atoms with E-state index in [9.17, 15) is 23.1 Å². The van der Waals surface area contributed by atoms with Crippen LogP contribution in [0.2, 0.25) is 0 Å². The van der Waals surface area contributed by atoms with Gasteiger partial charge in [0.1, 0.15) is 17.2 Å². The van der Waals surface area contributed by atoms with Crippen molar-refractivity contribution in [3.8, 4) is 17.2 Å². The molecule has 0 aromatic heterocycles. The Morgan fingerprint density at radius 2 is 1.70 bits per heavy atom. The number of hydrogen-bond donors (Lipinski definition) is 4. The van der Waals surface area contributed by atoms with Crippen LogP contribution in [0.15, 0.2) is 30.3 Å². The van der Waals surface area contributed by atoms with Gasteiger partial charge in [-0.25, -0.2) is 13.2 Å². The first kappa shape index (κ1) is 23.0. The van der Waals surface area contributed by atoms with Gasteiger partial charge in [-0.15, -0.1) is 0 Å². The third-order valence-corrected chi connectivity index (χ3v) is 5.55. The molecule has 0 heterocycles. The summed E-state index contributed by atoms with van der Waals surface area (Å²) in [6.45, 7) is 6.97. The number of rotatable bonds is 7. The van der Waals surface area contributed by atoms with Crippen LogP contribution in [0.3, 0.4) is 0 Å². The lowest BCUT2D eigenvalue weighted by atomic mass is 10.1. The summed E-state index contributed by atoms with van der Waals surface area (Å²) in [5.41, 5.74) is 1.53. The topological polar surface area (TPSA) is 142 Å². The molecule has 0 bridgehead atoms. The first-order valence-electron chi connectivity index (χ1n) is 9.05. The Kier molecular flexibility index (Phi) is 6.93. The number of carbonyl (C=O) groups excluding carboxylic acids is 1. The maximum Gasteiger partial charge on any atom is 0.394 e. The summed E-state index contributed by atoms with van der Waals surface area (Å²) in [5.74, 6) is -2.45. The molecule has 0 unspecified atom stereocenters. The van der Waals surface area contributed by atoms with Crippen LogP contribution in [0.4, 0.5) is 11.4 Å². The zero-order chi connectivity index (χ0) is 22.6. The molecule has 4 N–H and O–H groups in total. The summed E-state index contributed by atoms with van der Waals surface area (Å²) >= 11 is 0. The molecule has 2 aromatic carbocycles. The second kappa shape index (κ2) is 9.04. The lowest BCUT2D eigenvalue weighted by Crippen LogP contribution is -2.21. The number of aryl methyl sites for hydroxylation is 2. The number of ether oxygens (including phenoxy) is 1. The van der Waals surface area contributed by atoms with E-state index in [4.69, 9.17) is 9.84 Å². The van der Waals surface area contributed by atoms with Gasteiger partial charge in [0.15, 0.2) is 0 Å². The summed E-state index contributed by atoms with van der Waals surface area (Å²) in [6, 6.07) is 7.27. The number of carboxylic acids is 1. The van der Waals surface area contributed by atoms with E-state index in [1.54, 1.807) is 39.8 Å². The quantitative estimate of drug-likeness (QED) is 0.385. The molecule has 0 aliphatic carbocycles. The lowest BCUT2D eigenvalue weighted by molar-refractivity contribution is -0.147. The van der Waals surface area contributed by atoms with Crippen molar-refractivity contribution in [2.75, 3.05) is 15.8 Å². The van der Waals surface area contributed by atoms with Crippen molar-refractivity contribution in [3.63, 3.8) is 0 Å². The predicted octanol–water partition coefficient (Wildman–Crippen LogP) is 3.22. The SMILES string of the molecule is Cc1cc(NC(=O)C(=O)O)cc(C)c1Oc1ccc(O)c(NS(=O)(=O)CC(C)C)c1. The molecule has 0 fully saturated rings. The van der Waals surface area contributed by atoms with Crippen LogP contribution in [0.1, 0.15) is 25.0 Å². The normalized spacial score (nSPS) is 11.2. The molecular weight excluding hydrogens is 412 g/mol. The third-order valence-electron chi connectivity index (χ3n) is 3.92. The Hall–Kier alpha value is -3.27. The number of aliphatic carboxylic acids is 1.